The van der Waals surface area contributed by atoms with E-state index in [-0.39, 0.29) is 7.37 Å². The number of hydrogen-bond donors (Lipinski definition) is 2. The number of aromatic nitrogens is 3. The van der Waals surface area contributed by atoms with Crippen molar-refractivity contribution in [2.24, 2.45) is 5.73 Å². The van der Waals surface area contributed by atoms with Gasteiger partial charge in [-0.2, -0.15) is 22.7 Å². The summed E-state index contributed by atoms with van der Waals surface area (Å²) in [4.78, 5) is 4.26. The van der Waals surface area contributed by atoms with Crippen LogP contribution in [0, 0.1) is 0 Å². The molecule has 0 saturated heterocycles. The van der Waals surface area contributed by atoms with E-state index in [1.807, 2.05) is 0 Å². The highest BCUT2D eigenvalue weighted by Gasteiger charge is 2.29. The number of rotatable bonds is 5. The van der Waals surface area contributed by atoms with Crippen LogP contribution in [0.2, 0.25) is 0 Å². The Morgan fingerprint density at radius 2 is 1.92 bits per heavy atom. The van der Waals surface area contributed by atoms with E-state index in [9.17, 15) is 13.2 Å². The van der Waals surface area contributed by atoms with Crippen molar-refractivity contribution in [3.05, 3.63) is 48.0 Å². The molecule has 0 saturated carbocycles. The van der Waals surface area contributed by atoms with Crippen molar-refractivity contribution in [2.45, 2.75) is 6.18 Å². The molecule has 24 heavy (non-hydrogen) atoms. The first-order valence-electron chi connectivity index (χ1n) is 7.10. The van der Waals surface area contributed by atoms with E-state index in [2.05, 4.69) is 15.4 Å². The molecule has 9 heteroatoms. The Morgan fingerprint density at radius 3 is 2.58 bits per heavy atom. The van der Waals surface area contributed by atoms with Crippen LogP contribution in [0.15, 0.2) is 42.5 Å². The largest absolute Gasteiger partial charge is 0.476 e. The lowest BCUT2D eigenvalue weighted by Crippen LogP contribution is -2.12. The fourth-order valence-electron chi connectivity index (χ4n) is 2.08. The third-order valence-corrected chi connectivity index (χ3v) is 3.16. The minimum Gasteiger partial charge on any atom is -0.476 e. The highest BCUT2D eigenvalue weighted by molar-refractivity contribution is 5.56. The number of benzene rings is 1. The maximum atomic E-state index is 12.6. The van der Waals surface area contributed by atoms with Crippen molar-refractivity contribution in [3.8, 4) is 5.88 Å². The number of ether oxygens (including phenoxy) is 1. The monoisotopic (exact) mass is 339 g/mol. The molecular formula is C15H16F3N5O. The van der Waals surface area contributed by atoms with E-state index in [0.29, 0.717) is 30.4 Å². The van der Waals surface area contributed by atoms with Gasteiger partial charge >= 0.3 is 6.18 Å². The van der Waals surface area contributed by atoms with E-state index in [1.165, 1.54) is 16.6 Å². The molecule has 0 atom stereocenters. The lowest BCUT2D eigenvalue weighted by atomic mass is 10.2. The van der Waals surface area contributed by atoms with Crippen LogP contribution in [0.4, 0.5) is 24.8 Å². The molecule has 0 spiro atoms. The van der Waals surface area contributed by atoms with Gasteiger partial charge in [-0.3, -0.25) is 0 Å². The van der Waals surface area contributed by atoms with Gasteiger partial charge in [0.25, 0.3) is 0 Å². The SMILES string of the molecule is NCCOc1cccc2nc(Nc3ccc(C(F)(F)F)cc3)nn12.[HH]. The fraction of sp³-hybridized carbons (Fsp3) is 0.200. The second-order valence-corrected chi connectivity index (χ2v) is 4.91. The van der Waals surface area contributed by atoms with Gasteiger partial charge in [0.05, 0.1) is 5.56 Å². The van der Waals surface area contributed by atoms with Crippen LogP contribution in [-0.2, 0) is 6.18 Å². The average Bonchev–Trinajstić information content (AvgIpc) is 2.95. The first-order valence-corrected chi connectivity index (χ1v) is 7.10. The molecule has 3 aromatic rings. The number of nitrogens with zero attached hydrogens (tertiary/aromatic N) is 3. The maximum absolute atomic E-state index is 12.6. The van der Waals surface area contributed by atoms with E-state index in [0.717, 1.165) is 12.1 Å². The molecule has 6 nitrogen and oxygen atoms in total. The smallest absolute Gasteiger partial charge is 0.416 e. The predicted molar refractivity (Wildman–Crippen MR) is 84.4 cm³/mol. The van der Waals surface area contributed by atoms with Crippen molar-refractivity contribution in [3.63, 3.8) is 0 Å². The quantitative estimate of drug-likeness (QED) is 0.747. The summed E-state index contributed by atoms with van der Waals surface area (Å²) >= 11 is 0. The summed E-state index contributed by atoms with van der Waals surface area (Å²) < 4.78 is 44.6. The second kappa shape index (κ2) is 6.36. The Labute approximate surface area is 136 Å². The number of nitrogens with two attached hydrogens (primary N) is 1. The Morgan fingerprint density at radius 1 is 1.17 bits per heavy atom. The number of hydrogen-bond acceptors (Lipinski definition) is 5. The van der Waals surface area contributed by atoms with Gasteiger partial charge in [0.2, 0.25) is 11.8 Å². The van der Waals surface area contributed by atoms with Gasteiger partial charge in [-0.15, -0.1) is 5.10 Å². The zero-order valence-electron chi connectivity index (χ0n) is 12.4. The number of alkyl halides is 3. The van der Waals surface area contributed by atoms with Gasteiger partial charge in [-0.05, 0) is 30.3 Å². The molecule has 0 amide bonds. The summed E-state index contributed by atoms with van der Waals surface area (Å²) in [5.41, 5.74) is 5.68. The molecule has 3 rings (SSSR count). The number of halogens is 3. The third kappa shape index (κ3) is 3.40. The summed E-state index contributed by atoms with van der Waals surface area (Å²) in [6.07, 6.45) is -4.37. The first-order chi connectivity index (χ1) is 11.5. The Balaban J connectivity index is 0.00000225. The summed E-state index contributed by atoms with van der Waals surface area (Å²) in [6.45, 7) is 0.697. The molecule has 3 N–H and O–H groups in total. The molecule has 0 aliphatic rings. The number of anilines is 2. The molecule has 0 aliphatic heterocycles. The number of pyridine rings is 1. The molecule has 0 fully saturated rings. The predicted octanol–water partition coefficient (Wildman–Crippen LogP) is 3.08. The lowest BCUT2D eigenvalue weighted by molar-refractivity contribution is -0.137. The van der Waals surface area contributed by atoms with Crippen LogP contribution in [-0.4, -0.2) is 27.7 Å². The lowest BCUT2D eigenvalue weighted by Gasteiger charge is -2.07. The number of nitrogens with one attached hydrogen (secondary N) is 1. The average molecular weight is 339 g/mol. The van der Waals surface area contributed by atoms with Crippen LogP contribution in [0.5, 0.6) is 5.88 Å². The van der Waals surface area contributed by atoms with E-state index >= 15 is 0 Å². The van der Waals surface area contributed by atoms with E-state index in [1.54, 1.807) is 18.2 Å². The molecule has 128 valence electrons. The zero-order valence-corrected chi connectivity index (χ0v) is 12.4. The minimum absolute atomic E-state index is 0. The van der Waals surface area contributed by atoms with Gasteiger partial charge in [-0.25, -0.2) is 0 Å². The minimum atomic E-state index is -4.37. The van der Waals surface area contributed by atoms with Crippen molar-refractivity contribution >= 4 is 17.3 Å². The first kappa shape index (κ1) is 16.1. The van der Waals surface area contributed by atoms with Gasteiger partial charge in [0.1, 0.15) is 6.61 Å². The van der Waals surface area contributed by atoms with Gasteiger partial charge in [0, 0.05) is 19.7 Å². The third-order valence-electron chi connectivity index (χ3n) is 3.16. The van der Waals surface area contributed by atoms with Crippen LogP contribution in [0.1, 0.15) is 6.99 Å². The summed E-state index contributed by atoms with van der Waals surface area (Å²) in [7, 11) is 0. The van der Waals surface area contributed by atoms with Crippen molar-refractivity contribution in [2.75, 3.05) is 18.5 Å². The topological polar surface area (TPSA) is 77.5 Å². The van der Waals surface area contributed by atoms with E-state index in [4.69, 9.17) is 10.5 Å². The van der Waals surface area contributed by atoms with E-state index < -0.39 is 11.7 Å². The molecule has 0 unspecified atom stereocenters. The maximum Gasteiger partial charge on any atom is 0.416 e. The van der Waals surface area contributed by atoms with Gasteiger partial charge < -0.3 is 15.8 Å². The van der Waals surface area contributed by atoms with Crippen molar-refractivity contribution in [1.82, 2.24) is 14.6 Å². The second-order valence-electron chi connectivity index (χ2n) is 4.91. The highest BCUT2D eigenvalue weighted by atomic mass is 19.4. The molecule has 1 aromatic carbocycles. The molecule has 2 heterocycles. The molecule has 0 bridgehead atoms. The summed E-state index contributed by atoms with van der Waals surface area (Å²) in [5, 5.41) is 7.10. The normalized spacial score (nSPS) is 11.7. The summed E-state index contributed by atoms with van der Waals surface area (Å²) in [5.74, 6) is 0.726. The Hall–Kier alpha value is -2.81. The molecule has 2 aromatic heterocycles. The Bertz CT molecular complexity index is 835. The van der Waals surface area contributed by atoms with Crippen LogP contribution in [0.25, 0.3) is 5.65 Å². The Kier molecular flexibility index (Phi) is 4.26. The molecular weight excluding hydrogens is 323 g/mol. The summed E-state index contributed by atoms with van der Waals surface area (Å²) in [6, 6.07) is 9.85. The standard InChI is InChI=1S/C15H14F3N5O.H2/c16-15(17,18)10-4-6-11(7-5-10)20-14-21-12-2-1-3-13(23(12)22-14)24-9-8-19;/h1-7H,8-9,19H2,(H,20,22);1H. The number of fused-ring (bicyclic) bond motifs is 1. The van der Waals surface area contributed by atoms with Gasteiger partial charge in [-0.1, -0.05) is 6.07 Å². The van der Waals surface area contributed by atoms with Crippen LogP contribution < -0.4 is 15.8 Å². The van der Waals surface area contributed by atoms with Crippen molar-refractivity contribution < 1.29 is 19.3 Å². The highest BCUT2D eigenvalue weighted by Crippen LogP contribution is 2.30. The van der Waals surface area contributed by atoms with Crippen molar-refractivity contribution in [1.29, 1.82) is 0 Å². The zero-order chi connectivity index (χ0) is 17.2. The molecule has 0 aliphatic carbocycles. The van der Waals surface area contributed by atoms with Gasteiger partial charge in [0.15, 0.2) is 5.65 Å². The molecule has 0 radical (unpaired) electrons. The van der Waals surface area contributed by atoms with Crippen LogP contribution >= 0.6 is 0 Å². The fourth-order valence-corrected chi connectivity index (χ4v) is 2.08. The van der Waals surface area contributed by atoms with Crippen LogP contribution in [0.3, 0.4) is 0 Å².